The van der Waals surface area contributed by atoms with Gasteiger partial charge in [-0.2, -0.15) is 0 Å². The number of benzene rings is 2. The number of carbonyl (C=O) groups is 2. The fraction of sp³-hybridized carbons (Fsp3) is 0.300. The second kappa shape index (κ2) is 9.56. The van der Waals surface area contributed by atoms with E-state index in [1.165, 1.54) is 12.1 Å². The number of hydrogen-bond acceptors (Lipinski definition) is 4. The number of rotatable bonds is 8. The summed E-state index contributed by atoms with van der Waals surface area (Å²) in [7, 11) is 0. The Morgan fingerprint density at radius 2 is 1.62 bits per heavy atom. The van der Waals surface area contributed by atoms with Crippen LogP contribution in [0.3, 0.4) is 0 Å². The Balaban J connectivity index is 1.80. The lowest BCUT2D eigenvalue weighted by Crippen LogP contribution is -2.28. The summed E-state index contributed by atoms with van der Waals surface area (Å²) >= 11 is 0. The van der Waals surface area contributed by atoms with Gasteiger partial charge >= 0.3 is 5.97 Å². The quantitative estimate of drug-likeness (QED) is 0.737. The molecule has 0 aliphatic heterocycles. The predicted molar refractivity (Wildman–Crippen MR) is 98.5 cm³/mol. The Kier molecular flexibility index (Phi) is 7.14. The van der Waals surface area contributed by atoms with Crippen molar-refractivity contribution in [2.75, 3.05) is 24.6 Å². The summed E-state index contributed by atoms with van der Waals surface area (Å²) in [5, 5.41) is 2.62. The highest BCUT2D eigenvalue weighted by Crippen LogP contribution is 2.15. The molecule has 0 saturated heterocycles. The van der Waals surface area contributed by atoms with E-state index in [-0.39, 0.29) is 19.0 Å². The Morgan fingerprint density at radius 3 is 2.19 bits per heavy atom. The summed E-state index contributed by atoms with van der Waals surface area (Å²) < 4.78 is 17.8. The van der Waals surface area contributed by atoms with E-state index in [1.54, 1.807) is 24.3 Å². The molecule has 5 nitrogen and oxygen atoms in total. The minimum atomic E-state index is -0.548. The van der Waals surface area contributed by atoms with Crippen molar-refractivity contribution in [3.05, 3.63) is 65.5 Å². The first-order valence-electron chi connectivity index (χ1n) is 8.56. The molecule has 0 aromatic heterocycles. The number of anilines is 1. The standard InChI is InChI=1S/C20H23FN2O3/c1-3-23(4-2)18-11-7-16(8-12-18)20(25)26-14-19(24)22-13-15-5-9-17(21)10-6-15/h5-12H,3-4,13-14H2,1-2H3,(H,22,24). The van der Waals surface area contributed by atoms with Crippen molar-refractivity contribution in [1.29, 1.82) is 0 Å². The largest absolute Gasteiger partial charge is 0.452 e. The number of nitrogens with zero attached hydrogens (tertiary/aromatic N) is 1. The summed E-state index contributed by atoms with van der Waals surface area (Å²) in [6, 6.07) is 12.9. The number of hydrogen-bond donors (Lipinski definition) is 1. The highest BCUT2D eigenvalue weighted by atomic mass is 19.1. The van der Waals surface area contributed by atoms with Crippen molar-refractivity contribution in [2.24, 2.45) is 0 Å². The minimum absolute atomic E-state index is 0.245. The molecule has 2 aromatic rings. The molecule has 0 radical (unpaired) electrons. The Morgan fingerprint density at radius 1 is 1.00 bits per heavy atom. The first-order chi connectivity index (χ1) is 12.5. The molecule has 0 aliphatic rings. The van der Waals surface area contributed by atoms with Crippen LogP contribution in [0.5, 0.6) is 0 Å². The van der Waals surface area contributed by atoms with Crippen LogP contribution in [-0.2, 0) is 16.1 Å². The van der Waals surface area contributed by atoms with Gasteiger partial charge in [0.1, 0.15) is 5.82 Å². The maximum Gasteiger partial charge on any atom is 0.338 e. The zero-order valence-corrected chi connectivity index (χ0v) is 15.0. The van der Waals surface area contributed by atoms with E-state index >= 15 is 0 Å². The van der Waals surface area contributed by atoms with Crippen molar-refractivity contribution in [3.63, 3.8) is 0 Å². The van der Waals surface area contributed by atoms with Gasteiger partial charge in [-0.3, -0.25) is 4.79 Å². The van der Waals surface area contributed by atoms with E-state index in [2.05, 4.69) is 24.1 Å². The molecule has 0 spiro atoms. The maximum atomic E-state index is 12.8. The predicted octanol–water partition coefficient (Wildman–Crippen LogP) is 3.15. The van der Waals surface area contributed by atoms with E-state index in [9.17, 15) is 14.0 Å². The summed E-state index contributed by atoms with van der Waals surface area (Å²) in [6.45, 7) is 5.78. The zero-order valence-electron chi connectivity index (χ0n) is 15.0. The van der Waals surface area contributed by atoms with Gasteiger partial charge in [-0.05, 0) is 55.8 Å². The molecule has 0 heterocycles. The topological polar surface area (TPSA) is 58.6 Å². The number of halogens is 1. The first-order valence-corrected chi connectivity index (χ1v) is 8.56. The lowest BCUT2D eigenvalue weighted by Gasteiger charge is -2.20. The third-order valence-electron chi connectivity index (χ3n) is 3.97. The number of ether oxygens (including phenoxy) is 1. The number of nitrogens with one attached hydrogen (secondary N) is 1. The van der Waals surface area contributed by atoms with Crippen molar-refractivity contribution in [2.45, 2.75) is 20.4 Å². The molecule has 0 aliphatic carbocycles. The fourth-order valence-electron chi connectivity index (χ4n) is 2.47. The molecule has 0 fully saturated rings. The van der Waals surface area contributed by atoms with Gasteiger partial charge in [0.05, 0.1) is 5.56 Å². The fourth-order valence-corrected chi connectivity index (χ4v) is 2.47. The van der Waals surface area contributed by atoms with Gasteiger partial charge in [0.2, 0.25) is 0 Å². The Hall–Kier alpha value is -2.89. The van der Waals surface area contributed by atoms with Gasteiger partial charge in [0.15, 0.2) is 6.61 Å². The van der Waals surface area contributed by atoms with Gasteiger partial charge in [-0.1, -0.05) is 12.1 Å². The lowest BCUT2D eigenvalue weighted by molar-refractivity contribution is -0.124. The number of esters is 1. The lowest BCUT2D eigenvalue weighted by atomic mass is 10.2. The van der Waals surface area contributed by atoms with E-state index in [0.29, 0.717) is 5.56 Å². The van der Waals surface area contributed by atoms with E-state index < -0.39 is 11.9 Å². The van der Waals surface area contributed by atoms with Crippen LogP contribution in [0.1, 0.15) is 29.8 Å². The van der Waals surface area contributed by atoms with E-state index in [4.69, 9.17) is 4.74 Å². The normalized spacial score (nSPS) is 10.3. The summed E-state index contributed by atoms with van der Waals surface area (Å²) in [4.78, 5) is 26.0. The maximum absolute atomic E-state index is 12.8. The molecule has 0 atom stereocenters. The van der Waals surface area contributed by atoms with Crippen LogP contribution in [0.2, 0.25) is 0 Å². The molecule has 138 valence electrons. The van der Waals surface area contributed by atoms with Gasteiger partial charge in [-0.15, -0.1) is 0 Å². The van der Waals surface area contributed by atoms with Crippen LogP contribution in [0.25, 0.3) is 0 Å². The molecule has 2 rings (SSSR count). The van der Waals surface area contributed by atoms with Gasteiger partial charge < -0.3 is 15.0 Å². The molecule has 6 heteroatoms. The molecule has 1 N–H and O–H groups in total. The minimum Gasteiger partial charge on any atom is -0.452 e. The van der Waals surface area contributed by atoms with E-state index in [0.717, 1.165) is 24.3 Å². The highest BCUT2D eigenvalue weighted by Gasteiger charge is 2.11. The van der Waals surface area contributed by atoms with Crippen molar-refractivity contribution >= 4 is 17.6 Å². The molecule has 0 unspecified atom stereocenters. The highest BCUT2D eigenvalue weighted by molar-refractivity contribution is 5.91. The van der Waals surface area contributed by atoms with Crippen LogP contribution < -0.4 is 10.2 Å². The molecular weight excluding hydrogens is 335 g/mol. The average molecular weight is 358 g/mol. The Bertz CT molecular complexity index is 726. The third-order valence-corrected chi connectivity index (χ3v) is 3.97. The van der Waals surface area contributed by atoms with Crippen LogP contribution in [0.4, 0.5) is 10.1 Å². The molecule has 26 heavy (non-hydrogen) atoms. The van der Waals surface area contributed by atoms with Crippen molar-refractivity contribution in [3.8, 4) is 0 Å². The third kappa shape index (κ3) is 5.58. The number of carbonyl (C=O) groups excluding carboxylic acids is 2. The van der Waals surface area contributed by atoms with Crippen LogP contribution in [0, 0.1) is 5.82 Å². The second-order valence-electron chi connectivity index (χ2n) is 5.70. The summed E-state index contributed by atoms with van der Waals surface area (Å²) in [6.07, 6.45) is 0. The van der Waals surface area contributed by atoms with Crippen molar-refractivity contribution in [1.82, 2.24) is 5.32 Å². The van der Waals surface area contributed by atoms with Gasteiger partial charge in [0.25, 0.3) is 5.91 Å². The molecule has 0 saturated carbocycles. The first kappa shape index (κ1) is 19.4. The van der Waals surface area contributed by atoms with Crippen LogP contribution in [0.15, 0.2) is 48.5 Å². The molecule has 0 bridgehead atoms. The van der Waals surface area contributed by atoms with Crippen molar-refractivity contribution < 1.29 is 18.7 Å². The SMILES string of the molecule is CCN(CC)c1ccc(C(=O)OCC(=O)NCc2ccc(F)cc2)cc1. The van der Waals surface area contributed by atoms with Crippen LogP contribution in [-0.4, -0.2) is 31.6 Å². The smallest absolute Gasteiger partial charge is 0.338 e. The molecule has 2 aromatic carbocycles. The monoisotopic (exact) mass is 358 g/mol. The van der Waals surface area contributed by atoms with Crippen LogP contribution >= 0.6 is 0 Å². The zero-order chi connectivity index (χ0) is 18.9. The summed E-state index contributed by atoms with van der Waals surface area (Å²) in [5.74, 6) is -1.29. The Labute approximate surface area is 152 Å². The van der Waals surface area contributed by atoms with E-state index in [1.807, 2.05) is 12.1 Å². The summed E-state index contributed by atoms with van der Waals surface area (Å²) in [5.41, 5.74) is 2.19. The molecule has 1 amide bonds. The molecular formula is C20H23FN2O3. The van der Waals surface area contributed by atoms with Gasteiger partial charge in [-0.25, -0.2) is 9.18 Å². The second-order valence-corrected chi connectivity index (χ2v) is 5.70. The number of amides is 1. The average Bonchev–Trinajstić information content (AvgIpc) is 2.67. The van der Waals surface area contributed by atoms with Gasteiger partial charge in [0, 0.05) is 25.3 Å².